The smallest absolute Gasteiger partial charge is 0.0697 e. The molecule has 2 nitrogen and oxygen atoms in total. The molecule has 0 saturated heterocycles. The van der Waals surface area contributed by atoms with Gasteiger partial charge in [-0.25, -0.2) is 0 Å². The van der Waals surface area contributed by atoms with Gasteiger partial charge in [-0.1, -0.05) is 57.8 Å². The first kappa shape index (κ1) is 16.5. The van der Waals surface area contributed by atoms with Gasteiger partial charge in [-0.2, -0.15) is 5.26 Å². The summed E-state index contributed by atoms with van der Waals surface area (Å²) in [7, 11) is 0. The van der Waals surface area contributed by atoms with Crippen molar-refractivity contribution in [2.75, 3.05) is 6.54 Å². The van der Waals surface area contributed by atoms with E-state index in [1.807, 2.05) is 13.8 Å². The molecule has 1 saturated carbocycles. The van der Waals surface area contributed by atoms with E-state index in [-0.39, 0.29) is 5.41 Å². The third kappa shape index (κ3) is 8.26. The summed E-state index contributed by atoms with van der Waals surface area (Å²) in [4.78, 5) is 0. The molecule has 0 aromatic rings. The standard InChI is InChI=1S/C17H32N2/c1-17(2,14-18)15-19-16-12-10-8-6-4-3-5-7-9-11-13-16/h16,19H,3-13,15H2,1-2H3. The number of nitrogens with one attached hydrogen (secondary N) is 1. The Labute approximate surface area is 120 Å². The predicted molar refractivity (Wildman–Crippen MR) is 82.0 cm³/mol. The highest BCUT2D eigenvalue weighted by Gasteiger charge is 2.18. The molecule has 110 valence electrons. The Kier molecular flexibility index (Phi) is 8.14. The van der Waals surface area contributed by atoms with E-state index in [4.69, 9.17) is 5.26 Å². The summed E-state index contributed by atoms with van der Waals surface area (Å²) in [5, 5.41) is 12.7. The van der Waals surface area contributed by atoms with Gasteiger partial charge in [0.15, 0.2) is 0 Å². The molecule has 0 aromatic carbocycles. The summed E-state index contributed by atoms with van der Waals surface area (Å²) >= 11 is 0. The van der Waals surface area contributed by atoms with Gasteiger partial charge >= 0.3 is 0 Å². The first-order valence-electron chi connectivity index (χ1n) is 8.29. The van der Waals surface area contributed by atoms with E-state index in [9.17, 15) is 0 Å². The van der Waals surface area contributed by atoms with Gasteiger partial charge in [-0.05, 0) is 26.7 Å². The van der Waals surface area contributed by atoms with Crippen molar-refractivity contribution >= 4 is 0 Å². The van der Waals surface area contributed by atoms with Crippen LogP contribution < -0.4 is 5.32 Å². The average Bonchev–Trinajstić information content (AvgIpc) is 2.38. The lowest BCUT2D eigenvalue weighted by Crippen LogP contribution is -2.36. The molecule has 0 unspecified atom stereocenters. The molecule has 2 heteroatoms. The van der Waals surface area contributed by atoms with Crippen LogP contribution in [0, 0.1) is 16.7 Å². The third-order valence-electron chi connectivity index (χ3n) is 4.24. The fraction of sp³-hybridized carbons (Fsp3) is 0.941. The van der Waals surface area contributed by atoms with Crippen LogP contribution in [0.4, 0.5) is 0 Å². The van der Waals surface area contributed by atoms with E-state index in [0.29, 0.717) is 6.04 Å². The lowest BCUT2D eigenvalue weighted by atomic mass is 9.93. The van der Waals surface area contributed by atoms with Crippen LogP contribution in [0.3, 0.4) is 0 Å². The third-order valence-corrected chi connectivity index (χ3v) is 4.24. The van der Waals surface area contributed by atoms with Gasteiger partial charge < -0.3 is 5.32 Å². The maximum atomic E-state index is 9.08. The molecule has 1 fully saturated rings. The molecular weight excluding hydrogens is 232 g/mol. The molecule has 0 bridgehead atoms. The highest BCUT2D eigenvalue weighted by atomic mass is 14.9. The van der Waals surface area contributed by atoms with E-state index in [1.165, 1.54) is 70.6 Å². The lowest BCUT2D eigenvalue weighted by Gasteiger charge is -2.24. The Morgan fingerprint density at radius 2 is 1.32 bits per heavy atom. The minimum atomic E-state index is -0.232. The molecule has 1 rings (SSSR count). The number of nitrogens with zero attached hydrogens (tertiary/aromatic N) is 1. The maximum absolute atomic E-state index is 9.08. The largest absolute Gasteiger partial charge is 0.312 e. The topological polar surface area (TPSA) is 35.8 Å². The summed E-state index contributed by atoms with van der Waals surface area (Å²) in [5.74, 6) is 0. The highest BCUT2D eigenvalue weighted by Crippen LogP contribution is 2.18. The van der Waals surface area contributed by atoms with Crippen LogP contribution in [-0.4, -0.2) is 12.6 Å². The number of hydrogen-bond acceptors (Lipinski definition) is 2. The van der Waals surface area contributed by atoms with Gasteiger partial charge in [0.1, 0.15) is 0 Å². The van der Waals surface area contributed by atoms with Crippen LogP contribution in [-0.2, 0) is 0 Å². The van der Waals surface area contributed by atoms with E-state index in [1.54, 1.807) is 0 Å². The highest BCUT2D eigenvalue weighted by molar-refractivity contribution is 4.94. The molecular formula is C17H32N2. The minimum absolute atomic E-state index is 0.232. The van der Waals surface area contributed by atoms with Gasteiger partial charge in [-0.3, -0.25) is 0 Å². The summed E-state index contributed by atoms with van der Waals surface area (Å²) in [6.07, 6.45) is 15.2. The molecule has 0 amide bonds. The molecule has 19 heavy (non-hydrogen) atoms. The summed E-state index contributed by atoms with van der Waals surface area (Å²) in [6, 6.07) is 3.02. The summed E-state index contributed by atoms with van der Waals surface area (Å²) in [5.41, 5.74) is -0.232. The first-order valence-corrected chi connectivity index (χ1v) is 8.29. The molecule has 0 aromatic heterocycles. The van der Waals surface area contributed by atoms with Crippen molar-refractivity contribution < 1.29 is 0 Å². The molecule has 0 aliphatic heterocycles. The van der Waals surface area contributed by atoms with Crippen molar-refractivity contribution in [3.63, 3.8) is 0 Å². The minimum Gasteiger partial charge on any atom is -0.312 e. The van der Waals surface area contributed by atoms with Crippen molar-refractivity contribution in [1.82, 2.24) is 5.32 Å². The molecule has 1 N–H and O–H groups in total. The Bertz CT molecular complexity index is 253. The van der Waals surface area contributed by atoms with Gasteiger partial charge in [0.2, 0.25) is 0 Å². The molecule has 1 aliphatic rings. The van der Waals surface area contributed by atoms with E-state index < -0.39 is 0 Å². The zero-order valence-electron chi connectivity index (χ0n) is 13.0. The van der Waals surface area contributed by atoms with Gasteiger partial charge in [0.05, 0.1) is 11.5 Å². The van der Waals surface area contributed by atoms with Crippen molar-refractivity contribution in [3.8, 4) is 6.07 Å². The Hall–Kier alpha value is -0.550. The maximum Gasteiger partial charge on any atom is 0.0697 e. The van der Waals surface area contributed by atoms with Crippen LogP contribution in [0.1, 0.15) is 84.5 Å². The quantitative estimate of drug-likeness (QED) is 0.795. The fourth-order valence-electron chi connectivity index (χ4n) is 2.81. The SMILES string of the molecule is CC(C)(C#N)CNC1CCCCCCCCCCC1. The molecule has 0 heterocycles. The van der Waals surface area contributed by atoms with Crippen LogP contribution in [0.15, 0.2) is 0 Å². The summed E-state index contributed by atoms with van der Waals surface area (Å²) < 4.78 is 0. The van der Waals surface area contributed by atoms with Crippen LogP contribution in [0.5, 0.6) is 0 Å². The van der Waals surface area contributed by atoms with Crippen molar-refractivity contribution in [1.29, 1.82) is 5.26 Å². The van der Waals surface area contributed by atoms with Crippen molar-refractivity contribution in [2.24, 2.45) is 5.41 Å². The van der Waals surface area contributed by atoms with Gasteiger partial charge in [-0.15, -0.1) is 0 Å². The van der Waals surface area contributed by atoms with E-state index >= 15 is 0 Å². The fourth-order valence-corrected chi connectivity index (χ4v) is 2.81. The van der Waals surface area contributed by atoms with Gasteiger partial charge in [0.25, 0.3) is 0 Å². The van der Waals surface area contributed by atoms with Crippen LogP contribution in [0.2, 0.25) is 0 Å². The zero-order valence-corrected chi connectivity index (χ0v) is 13.0. The van der Waals surface area contributed by atoms with Crippen molar-refractivity contribution in [2.45, 2.75) is 90.5 Å². The Morgan fingerprint density at radius 3 is 1.74 bits per heavy atom. The predicted octanol–water partition coefficient (Wildman–Crippen LogP) is 4.80. The molecule has 0 spiro atoms. The van der Waals surface area contributed by atoms with Gasteiger partial charge in [0, 0.05) is 12.6 Å². The lowest BCUT2D eigenvalue weighted by molar-refractivity contribution is 0.354. The van der Waals surface area contributed by atoms with E-state index in [0.717, 1.165) is 6.54 Å². The second-order valence-electron chi connectivity index (χ2n) is 6.83. The second kappa shape index (κ2) is 9.37. The zero-order chi connectivity index (χ0) is 14.0. The number of hydrogen-bond donors (Lipinski definition) is 1. The molecule has 1 aliphatic carbocycles. The number of nitriles is 1. The first-order chi connectivity index (χ1) is 9.14. The Balaban J connectivity index is 2.32. The monoisotopic (exact) mass is 264 g/mol. The van der Waals surface area contributed by atoms with E-state index in [2.05, 4.69) is 11.4 Å². The molecule has 0 atom stereocenters. The second-order valence-corrected chi connectivity index (χ2v) is 6.83. The Morgan fingerprint density at radius 1 is 0.895 bits per heavy atom. The molecule has 0 radical (unpaired) electrons. The van der Waals surface area contributed by atoms with Crippen LogP contribution in [0.25, 0.3) is 0 Å². The normalized spacial score (nSPS) is 21.1. The number of rotatable bonds is 3. The van der Waals surface area contributed by atoms with Crippen LogP contribution >= 0.6 is 0 Å². The summed E-state index contributed by atoms with van der Waals surface area (Å²) in [6.45, 7) is 4.87. The van der Waals surface area contributed by atoms with Crippen molar-refractivity contribution in [3.05, 3.63) is 0 Å². The average molecular weight is 264 g/mol.